The van der Waals surface area contributed by atoms with Crippen molar-refractivity contribution in [3.63, 3.8) is 0 Å². The van der Waals surface area contributed by atoms with Crippen LogP contribution in [0.2, 0.25) is 0 Å². The Morgan fingerprint density at radius 3 is 2.26 bits per heavy atom. The lowest BCUT2D eigenvalue weighted by Gasteiger charge is -2.33. The summed E-state index contributed by atoms with van der Waals surface area (Å²) in [6.45, 7) is 1.67. The smallest absolute Gasteiger partial charge is 0.317 e. The Morgan fingerprint density at radius 2 is 1.68 bits per heavy atom. The first kappa shape index (κ1) is 14.2. The van der Waals surface area contributed by atoms with Gasteiger partial charge >= 0.3 is 6.03 Å². The fourth-order valence-corrected chi connectivity index (χ4v) is 3.24. The summed E-state index contributed by atoms with van der Waals surface area (Å²) in [5.74, 6) is 0.456. The summed E-state index contributed by atoms with van der Waals surface area (Å²) in [7, 11) is 0. The van der Waals surface area contributed by atoms with Crippen LogP contribution in [0.15, 0.2) is 0 Å². The van der Waals surface area contributed by atoms with Crippen LogP contribution in [0.1, 0.15) is 51.4 Å². The van der Waals surface area contributed by atoms with Gasteiger partial charge in [-0.25, -0.2) is 4.79 Å². The molecule has 2 rings (SSSR count). The highest BCUT2D eigenvalue weighted by Gasteiger charge is 2.29. The number of rotatable bonds is 3. The minimum Gasteiger partial charge on any atom is -0.386 e. The van der Waals surface area contributed by atoms with Gasteiger partial charge in [0.1, 0.15) is 5.84 Å². The van der Waals surface area contributed by atoms with E-state index in [0.717, 1.165) is 38.8 Å². The van der Waals surface area contributed by atoms with Crippen LogP contribution < -0.4 is 11.1 Å². The number of nitrogens with zero attached hydrogens (tertiary/aromatic N) is 1. The molecule has 0 aromatic carbocycles. The van der Waals surface area contributed by atoms with Crippen molar-refractivity contribution < 1.29 is 4.79 Å². The van der Waals surface area contributed by atoms with Gasteiger partial charge in [0.2, 0.25) is 0 Å². The second kappa shape index (κ2) is 6.78. The summed E-state index contributed by atoms with van der Waals surface area (Å²) >= 11 is 0. The highest BCUT2D eigenvalue weighted by molar-refractivity contribution is 5.88. The molecule has 4 N–H and O–H groups in total. The average molecular weight is 266 g/mol. The number of likely N-dealkylation sites (tertiary alicyclic amines) is 1. The zero-order valence-corrected chi connectivity index (χ0v) is 11.7. The van der Waals surface area contributed by atoms with E-state index in [-0.39, 0.29) is 17.9 Å². The molecule has 1 unspecified atom stereocenters. The van der Waals surface area contributed by atoms with E-state index in [1.807, 2.05) is 4.90 Å². The van der Waals surface area contributed by atoms with Gasteiger partial charge in [0.15, 0.2) is 0 Å². The molecule has 1 saturated heterocycles. The van der Waals surface area contributed by atoms with Gasteiger partial charge < -0.3 is 16.0 Å². The molecule has 0 aromatic heterocycles. The van der Waals surface area contributed by atoms with E-state index in [0.29, 0.717) is 5.92 Å². The Hall–Kier alpha value is -1.26. The fourth-order valence-electron chi connectivity index (χ4n) is 3.24. The van der Waals surface area contributed by atoms with Crippen LogP contribution >= 0.6 is 0 Å². The molecule has 5 heteroatoms. The first-order chi connectivity index (χ1) is 9.18. The maximum atomic E-state index is 12.2. The molecule has 19 heavy (non-hydrogen) atoms. The molecule has 1 atom stereocenters. The van der Waals surface area contributed by atoms with Crippen molar-refractivity contribution in [1.29, 1.82) is 5.41 Å². The topological polar surface area (TPSA) is 82.2 Å². The number of piperidine rings is 1. The molecule has 1 heterocycles. The first-order valence-corrected chi connectivity index (χ1v) is 7.58. The summed E-state index contributed by atoms with van der Waals surface area (Å²) in [6.07, 6.45) is 9.17. The van der Waals surface area contributed by atoms with E-state index in [2.05, 4.69) is 5.32 Å². The fraction of sp³-hybridized carbons (Fsp3) is 0.857. The Bertz CT molecular complexity index is 319. The van der Waals surface area contributed by atoms with E-state index >= 15 is 0 Å². The molecule has 0 radical (unpaired) electrons. The monoisotopic (exact) mass is 266 g/mol. The van der Waals surface area contributed by atoms with Gasteiger partial charge in [-0.05, 0) is 38.0 Å². The predicted molar refractivity (Wildman–Crippen MR) is 76.2 cm³/mol. The number of amidine groups is 1. The van der Waals surface area contributed by atoms with Crippen molar-refractivity contribution in [2.45, 2.75) is 57.4 Å². The van der Waals surface area contributed by atoms with E-state index in [1.165, 1.54) is 25.7 Å². The van der Waals surface area contributed by atoms with Gasteiger partial charge in [0.25, 0.3) is 0 Å². The van der Waals surface area contributed by atoms with Crippen LogP contribution in [-0.4, -0.2) is 35.9 Å². The summed E-state index contributed by atoms with van der Waals surface area (Å²) in [6, 6.07) is -0.305. The highest BCUT2D eigenvalue weighted by atomic mass is 16.2. The number of hydrogen-bond donors (Lipinski definition) is 3. The summed E-state index contributed by atoms with van der Waals surface area (Å²) in [4.78, 5) is 14.1. The third-order valence-corrected chi connectivity index (χ3v) is 4.38. The molecule has 2 aliphatic rings. The van der Waals surface area contributed by atoms with Crippen LogP contribution in [0.5, 0.6) is 0 Å². The Kier molecular flexibility index (Phi) is 5.05. The normalized spacial score (nSPS) is 22.8. The standard InChI is InChI=1S/C14H26N4O/c15-13(16)12(11-7-3-1-4-8-11)17-14(19)18-9-5-2-6-10-18/h11-12H,1-10H2,(H3,15,16)(H,17,19). The number of carbonyl (C=O) groups is 1. The van der Waals surface area contributed by atoms with Crippen LogP contribution in [-0.2, 0) is 0 Å². The minimum atomic E-state index is -0.269. The maximum Gasteiger partial charge on any atom is 0.317 e. The largest absolute Gasteiger partial charge is 0.386 e. The maximum absolute atomic E-state index is 12.2. The molecule has 0 spiro atoms. The van der Waals surface area contributed by atoms with Crippen LogP contribution in [0.25, 0.3) is 0 Å². The van der Waals surface area contributed by atoms with Crippen molar-refractivity contribution in [3.05, 3.63) is 0 Å². The van der Waals surface area contributed by atoms with E-state index in [9.17, 15) is 4.79 Å². The van der Waals surface area contributed by atoms with Crippen LogP contribution in [0.3, 0.4) is 0 Å². The highest BCUT2D eigenvalue weighted by Crippen LogP contribution is 2.26. The van der Waals surface area contributed by atoms with Crippen LogP contribution in [0, 0.1) is 11.3 Å². The van der Waals surface area contributed by atoms with Crippen LogP contribution in [0.4, 0.5) is 4.79 Å². The quantitative estimate of drug-likeness (QED) is 0.540. The molecule has 5 nitrogen and oxygen atoms in total. The lowest BCUT2D eigenvalue weighted by atomic mass is 9.83. The van der Waals surface area contributed by atoms with Gasteiger partial charge in [0.05, 0.1) is 6.04 Å². The number of amides is 2. The number of carbonyl (C=O) groups excluding carboxylic acids is 1. The molecule has 1 saturated carbocycles. The molecule has 1 aliphatic carbocycles. The third kappa shape index (κ3) is 3.85. The summed E-state index contributed by atoms with van der Waals surface area (Å²) in [5.41, 5.74) is 5.70. The Labute approximate surface area is 115 Å². The molecule has 1 aliphatic heterocycles. The molecule has 0 aromatic rings. The zero-order valence-electron chi connectivity index (χ0n) is 11.7. The van der Waals surface area contributed by atoms with Crippen molar-refractivity contribution in [2.24, 2.45) is 11.7 Å². The van der Waals surface area contributed by atoms with Crippen molar-refractivity contribution in [2.75, 3.05) is 13.1 Å². The summed E-state index contributed by atoms with van der Waals surface area (Å²) in [5, 5.41) is 10.7. The lowest BCUT2D eigenvalue weighted by Crippen LogP contribution is -2.54. The molecular formula is C14H26N4O. The molecule has 2 fully saturated rings. The lowest BCUT2D eigenvalue weighted by molar-refractivity contribution is 0.179. The number of urea groups is 1. The van der Waals surface area contributed by atoms with E-state index in [1.54, 1.807) is 0 Å². The minimum absolute atomic E-state index is 0.0366. The predicted octanol–water partition coefficient (Wildman–Crippen LogP) is 2.07. The second-order valence-corrected chi connectivity index (χ2v) is 5.83. The Balaban J connectivity index is 1.91. The zero-order chi connectivity index (χ0) is 13.7. The molecule has 108 valence electrons. The SMILES string of the molecule is N=C(N)C(NC(=O)N1CCCCC1)C1CCCCC1. The van der Waals surface area contributed by atoms with Gasteiger partial charge in [-0.2, -0.15) is 0 Å². The average Bonchev–Trinajstić information content (AvgIpc) is 2.46. The molecule has 2 amide bonds. The van der Waals surface area contributed by atoms with Gasteiger partial charge in [-0.1, -0.05) is 19.3 Å². The number of nitrogens with two attached hydrogens (primary N) is 1. The van der Waals surface area contributed by atoms with Crippen molar-refractivity contribution in [3.8, 4) is 0 Å². The van der Waals surface area contributed by atoms with Gasteiger partial charge in [-0.3, -0.25) is 5.41 Å². The van der Waals surface area contributed by atoms with Crippen molar-refractivity contribution in [1.82, 2.24) is 10.2 Å². The summed E-state index contributed by atoms with van der Waals surface area (Å²) < 4.78 is 0. The van der Waals surface area contributed by atoms with E-state index < -0.39 is 0 Å². The Morgan fingerprint density at radius 1 is 1.11 bits per heavy atom. The van der Waals surface area contributed by atoms with E-state index in [4.69, 9.17) is 11.1 Å². The number of nitrogens with one attached hydrogen (secondary N) is 2. The first-order valence-electron chi connectivity index (χ1n) is 7.58. The van der Waals surface area contributed by atoms with Crippen molar-refractivity contribution >= 4 is 11.9 Å². The van der Waals surface area contributed by atoms with Gasteiger partial charge in [0, 0.05) is 13.1 Å². The molecular weight excluding hydrogens is 240 g/mol. The number of hydrogen-bond acceptors (Lipinski definition) is 2. The van der Waals surface area contributed by atoms with Gasteiger partial charge in [-0.15, -0.1) is 0 Å². The third-order valence-electron chi connectivity index (χ3n) is 4.38. The molecule has 0 bridgehead atoms. The second-order valence-electron chi connectivity index (χ2n) is 5.83.